The van der Waals surface area contributed by atoms with Crippen LogP contribution in [0.3, 0.4) is 0 Å². The third kappa shape index (κ3) is 4.73. The number of hydrogen-bond acceptors (Lipinski definition) is 9. The molecule has 6 rings (SSSR count). The van der Waals surface area contributed by atoms with E-state index in [0.717, 1.165) is 15.0 Å². The molecule has 0 saturated heterocycles. The molecule has 2 amide bonds. The van der Waals surface area contributed by atoms with Crippen LogP contribution in [-0.2, 0) is 11.3 Å². The van der Waals surface area contributed by atoms with Crippen LogP contribution >= 0.6 is 11.3 Å². The fraction of sp³-hybridized carbons (Fsp3) is 0.214. The van der Waals surface area contributed by atoms with Gasteiger partial charge in [-0.1, -0.05) is 24.2 Å². The number of nitrogens with zero attached hydrogens (tertiary/aromatic N) is 4. The van der Waals surface area contributed by atoms with Crippen molar-refractivity contribution in [2.24, 2.45) is 0 Å². The Morgan fingerprint density at radius 2 is 2.02 bits per heavy atom. The first-order valence-electron chi connectivity index (χ1n) is 12.8. The van der Waals surface area contributed by atoms with E-state index in [-0.39, 0.29) is 41.1 Å². The fourth-order valence-corrected chi connectivity index (χ4v) is 6.04. The third-order valence-corrected chi connectivity index (χ3v) is 8.17. The second-order valence-corrected chi connectivity index (χ2v) is 11.0. The highest BCUT2D eigenvalue weighted by molar-refractivity contribution is 7.19. The largest absolute Gasteiger partial charge is 0.384 e. The van der Waals surface area contributed by atoms with Crippen LogP contribution in [0.15, 0.2) is 58.1 Å². The van der Waals surface area contributed by atoms with Gasteiger partial charge in [-0.05, 0) is 37.6 Å². The molecule has 5 heterocycles. The Hall–Kier alpha value is -4.91. The number of anilines is 2. The minimum absolute atomic E-state index is 0.122. The van der Waals surface area contributed by atoms with Gasteiger partial charge in [-0.3, -0.25) is 19.0 Å². The van der Waals surface area contributed by atoms with Gasteiger partial charge in [0.1, 0.15) is 34.9 Å². The lowest BCUT2D eigenvalue weighted by Crippen LogP contribution is -2.36. The van der Waals surface area contributed by atoms with E-state index < -0.39 is 23.3 Å². The monoisotopic (exact) mass is 573 g/mol. The second-order valence-electron chi connectivity index (χ2n) is 9.85. The summed E-state index contributed by atoms with van der Waals surface area (Å²) in [6.45, 7) is 3.73. The Morgan fingerprint density at radius 1 is 1.22 bits per heavy atom. The number of nitrogens with two attached hydrogens (primary N) is 1. The summed E-state index contributed by atoms with van der Waals surface area (Å²) in [6.07, 6.45) is 3.33. The van der Waals surface area contributed by atoms with Crippen molar-refractivity contribution in [3.8, 4) is 11.3 Å². The predicted molar refractivity (Wildman–Crippen MR) is 151 cm³/mol. The predicted octanol–water partition coefficient (Wildman–Crippen LogP) is 4.15. The average molecular weight is 574 g/mol. The molecule has 41 heavy (non-hydrogen) atoms. The molecule has 0 bridgehead atoms. The summed E-state index contributed by atoms with van der Waals surface area (Å²) in [4.78, 5) is 49.2. The number of rotatable bonds is 6. The van der Waals surface area contributed by atoms with Crippen molar-refractivity contribution in [1.29, 1.82) is 0 Å². The highest BCUT2D eigenvalue weighted by Gasteiger charge is 2.36. The van der Waals surface area contributed by atoms with Gasteiger partial charge in [-0.2, -0.15) is 0 Å². The van der Waals surface area contributed by atoms with Crippen molar-refractivity contribution in [2.45, 2.75) is 38.8 Å². The zero-order valence-corrected chi connectivity index (χ0v) is 22.8. The van der Waals surface area contributed by atoms with Crippen molar-refractivity contribution in [3.63, 3.8) is 0 Å². The van der Waals surface area contributed by atoms with E-state index in [4.69, 9.17) is 10.3 Å². The van der Waals surface area contributed by atoms with E-state index >= 15 is 0 Å². The minimum Gasteiger partial charge on any atom is -0.384 e. The molecule has 5 aromatic rings. The van der Waals surface area contributed by atoms with Crippen molar-refractivity contribution in [2.75, 3.05) is 11.1 Å². The van der Waals surface area contributed by atoms with Gasteiger partial charge >= 0.3 is 0 Å². The number of nitrogen functional groups attached to an aromatic ring is 1. The molecule has 1 aliphatic rings. The lowest BCUT2D eigenvalue weighted by Gasteiger charge is -2.15. The first-order valence-corrected chi connectivity index (χ1v) is 13.6. The summed E-state index contributed by atoms with van der Waals surface area (Å²) in [5.41, 5.74) is 5.75. The van der Waals surface area contributed by atoms with Crippen LogP contribution in [0.2, 0.25) is 0 Å². The van der Waals surface area contributed by atoms with Crippen LogP contribution in [0.4, 0.5) is 15.9 Å². The third-order valence-electron chi connectivity index (χ3n) is 7.07. The number of amides is 2. The van der Waals surface area contributed by atoms with E-state index in [1.807, 2.05) is 13.0 Å². The van der Waals surface area contributed by atoms with E-state index in [9.17, 15) is 18.8 Å². The number of benzene rings is 1. The number of halogens is 1. The number of thiophene rings is 1. The minimum atomic E-state index is -0.803. The van der Waals surface area contributed by atoms with Gasteiger partial charge in [0.2, 0.25) is 11.7 Å². The Balaban J connectivity index is 1.21. The van der Waals surface area contributed by atoms with Crippen LogP contribution in [0, 0.1) is 12.7 Å². The van der Waals surface area contributed by atoms with Gasteiger partial charge in [0.15, 0.2) is 0 Å². The zero-order valence-electron chi connectivity index (χ0n) is 22.0. The molecular weight excluding hydrogens is 549 g/mol. The molecule has 0 fully saturated rings. The summed E-state index contributed by atoms with van der Waals surface area (Å²) in [6, 6.07) is 8.91. The molecule has 2 atom stereocenters. The summed E-state index contributed by atoms with van der Waals surface area (Å²) in [5.74, 6) is -1.04. The van der Waals surface area contributed by atoms with Crippen molar-refractivity contribution >= 4 is 44.7 Å². The van der Waals surface area contributed by atoms with E-state index in [1.165, 1.54) is 34.2 Å². The van der Waals surface area contributed by atoms with Gasteiger partial charge in [-0.15, -0.1) is 11.3 Å². The van der Waals surface area contributed by atoms with Gasteiger partial charge in [0.25, 0.3) is 11.5 Å². The maximum atomic E-state index is 14.3. The smallest absolute Gasteiger partial charge is 0.294 e. The molecule has 11 nitrogen and oxygen atoms in total. The van der Waals surface area contributed by atoms with Crippen LogP contribution in [0.25, 0.3) is 21.3 Å². The number of aromatic nitrogens is 4. The van der Waals surface area contributed by atoms with E-state index in [1.54, 1.807) is 31.3 Å². The Morgan fingerprint density at radius 3 is 2.83 bits per heavy atom. The normalized spacial score (nSPS) is 16.1. The van der Waals surface area contributed by atoms with E-state index in [2.05, 4.69) is 25.8 Å². The molecule has 1 aliphatic heterocycles. The molecule has 4 N–H and O–H groups in total. The van der Waals surface area contributed by atoms with Crippen molar-refractivity contribution in [1.82, 2.24) is 25.0 Å². The number of hydrogen-bond donors (Lipinski definition) is 3. The summed E-state index contributed by atoms with van der Waals surface area (Å²) in [5, 5.41) is 10.2. The number of carbonyl (C=O) groups is 2. The second kappa shape index (κ2) is 10.2. The number of carbonyl (C=O) groups excluding carboxylic acids is 2. The van der Waals surface area contributed by atoms with Crippen LogP contribution in [-0.4, -0.2) is 31.5 Å². The Kier molecular flexibility index (Phi) is 6.58. The molecule has 0 saturated carbocycles. The SMILES string of the molecule is Cc1c(-c2ccccc2F)noc1C(=O)Nc1cnc2n(c1=O)[C@H](C(=O)NCc1cc3cnc(N)cc3s1)C[C@H]2C. The maximum Gasteiger partial charge on any atom is 0.294 e. The number of nitrogens with one attached hydrogen (secondary N) is 2. The molecule has 0 spiro atoms. The van der Waals surface area contributed by atoms with E-state index in [0.29, 0.717) is 23.6 Å². The maximum absolute atomic E-state index is 14.3. The quantitative estimate of drug-likeness (QED) is 0.273. The summed E-state index contributed by atoms with van der Waals surface area (Å²) < 4.78 is 21.8. The zero-order chi connectivity index (χ0) is 28.8. The molecule has 1 aromatic carbocycles. The lowest BCUT2D eigenvalue weighted by molar-refractivity contribution is -0.124. The number of pyridine rings is 1. The topological polar surface area (TPSA) is 158 Å². The van der Waals surface area contributed by atoms with Gasteiger partial charge in [0, 0.05) is 38.2 Å². The van der Waals surface area contributed by atoms with Gasteiger partial charge in [0.05, 0.1) is 12.7 Å². The summed E-state index contributed by atoms with van der Waals surface area (Å²) >= 11 is 1.50. The molecule has 4 aromatic heterocycles. The highest BCUT2D eigenvalue weighted by atomic mass is 32.1. The van der Waals surface area contributed by atoms with Gasteiger partial charge in [-0.25, -0.2) is 14.4 Å². The highest BCUT2D eigenvalue weighted by Crippen LogP contribution is 2.34. The fourth-order valence-electron chi connectivity index (χ4n) is 5.02. The first kappa shape index (κ1) is 26.3. The Labute approximate surface area is 236 Å². The summed E-state index contributed by atoms with van der Waals surface area (Å²) in [7, 11) is 0. The first-order chi connectivity index (χ1) is 19.7. The van der Waals surface area contributed by atoms with Gasteiger partial charge < -0.3 is 20.9 Å². The molecule has 208 valence electrons. The molecule has 0 aliphatic carbocycles. The lowest BCUT2D eigenvalue weighted by atomic mass is 10.1. The van der Waals surface area contributed by atoms with Crippen LogP contribution in [0.5, 0.6) is 0 Å². The Bertz CT molecular complexity index is 1900. The average Bonchev–Trinajstić information content (AvgIpc) is 3.64. The number of fused-ring (bicyclic) bond motifs is 2. The van der Waals surface area contributed by atoms with Crippen LogP contribution < -0.4 is 21.9 Å². The van der Waals surface area contributed by atoms with Crippen molar-refractivity contribution < 1.29 is 18.5 Å². The van der Waals surface area contributed by atoms with Crippen molar-refractivity contribution in [3.05, 3.63) is 87.0 Å². The molecule has 0 unspecified atom stereocenters. The molecule has 0 radical (unpaired) electrons. The van der Waals surface area contributed by atoms with Crippen LogP contribution in [0.1, 0.15) is 52.1 Å². The molecule has 13 heteroatoms. The molecular formula is C28H24FN7O4S. The standard InChI is InChI=1S/C28H24FN7O4S/c1-13-7-20(26(37)33-11-16-8-15-10-31-22(30)9-21(15)41-16)36-25(13)32-12-19(28(36)39)34-27(38)24-14(2)23(35-40-24)17-5-3-4-6-18(17)29/h3-6,8-10,12-13,20H,7,11H2,1-2H3,(H2,30,31)(H,33,37)(H,34,38)/t13-,20+/m1/s1.